The van der Waals surface area contributed by atoms with Gasteiger partial charge in [-0.1, -0.05) is 36.4 Å². The molecule has 0 atom stereocenters. The molecule has 3 rings (SSSR count). The number of benzene rings is 2. The molecule has 5 heteroatoms. The van der Waals surface area contributed by atoms with Crippen LogP contribution in [0.3, 0.4) is 0 Å². The Morgan fingerprint density at radius 2 is 1.87 bits per heavy atom. The molecule has 0 radical (unpaired) electrons. The third-order valence-corrected chi connectivity index (χ3v) is 4.07. The van der Waals surface area contributed by atoms with Crippen molar-refractivity contribution in [1.29, 1.82) is 0 Å². The maximum atomic E-state index is 12.1. The van der Waals surface area contributed by atoms with Gasteiger partial charge in [0.25, 0.3) is 5.91 Å². The van der Waals surface area contributed by atoms with Crippen molar-refractivity contribution in [2.75, 3.05) is 6.26 Å². The molecule has 0 aliphatic carbocycles. The van der Waals surface area contributed by atoms with Gasteiger partial charge in [-0.2, -0.15) is 5.10 Å². The van der Waals surface area contributed by atoms with Gasteiger partial charge in [0.2, 0.25) is 0 Å². The maximum Gasteiger partial charge on any atom is 0.289 e. The second-order valence-corrected chi connectivity index (χ2v) is 5.74. The van der Waals surface area contributed by atoms with Crippen LogP contribution in [-0.2, 0) is 0 Å². The van der Waals surface area contributed by atoms with Crippen molar-refractivity contribution in [1.82, 2.24) is 10.4 Å². The molecule has 1 N–H and O–H groups in total. The Labute approximate surface area is 138 Å². The van der Waals surface area contributed by atoms with Gasteiger partial charge in [-0.05, 0) is 36.1 Å². The minimum atomic E-state index is -0.326. The van der Waals surface area contributed by atoms with Crippen molar-refractivity contribution >= 4 is 34.8 Å². The van der Waals surface area contributed by atoms with Gasteiger partial charge >= 0.3 is 0 Å². The molecule has 23 heavy (non-hydrogen) atoms. The van der Waals surface area contributed by atoms with Crippen molar-refractivity contribution in [2.24, 2.45) is 5.10 Å². The average Bonchev–Trinajstić information content (AvgIpc) is 2.61. The lowest BCUT2D eigenvalue weighted by Gasteiger charge is -2.01. The number of para-hydroxylation sites is 1. The Morgan fingerprint density at radius 3 is 2.65 bits per heavy atom. The van der Waals surface area contributed by atoms with Crippen LogP contribution >= 0.6 is 11.8 Å². The van der Waals surface area contributed by atoms with Crippen molar-refractivity contribution in [3.05, 3.63) is 71.9 Å². The maximum absolute atomic E-state index is 12.1. The summed E-state index contributed by atoms with van der Waals surface area (Å²) in [6.45, 7) is 0. The van der Waals surface area contributed by atoms with Gasteiger partial charge in [0.15, 0.2) is 0 Å². The highest BCUT2D eigenvalue weighted by atomic mass is 32.2. The molecule has 2 aromatic carbocycles. The number of rotatable bonds is 4. The molecule has 0 spiro atoms. The first-order valence-electron chi connectivity index (χ1n) is 7.09. The van der Waals surface area contributed by atoms with Crippen LogP contribution in [0.15, 0.2) is 70.7 Å². The summed E-state index contributed by atoms with van der Waals surface area (Å²) < 4.78 is 0. The number of aromatic nitrogens is 1. The minimum Gasteiger partial charge on any atom is -0.266 e. The normalized spacial score (nSPS) is 11.0. The molecule has 0 aliphatic heterocycles. The van der Waals surface area contributed by atoms with E-state index >= 15 is 0 Å². The summed E-state index contributed by atoms with van der Waals surface area (Å²) in [4.78, 5) is 17.6. The first-order valence-corrected chi connectivity index (χ1v) is 8.32. The van der Waals surface area contributed by atoms with E-state index in [-0.39, 0.29) is 5.91 Å². The van der Waals surface area contributed by atoms with Gasteiger partial charge in [0.05, 0.1) is 11.7 Å². The van der Waals surface area contributed by atoms with E-state index in [9.17, 15) is 4.79 Å². The molecule has 0 saturated carbocycles. The Hall–Kier alpha value is -2.66. The van der Waals surface area contributed by atoms with E-state index in [0.29, 0.717) is 5.69 Å². The SMILES string of the molecule is CSc1ccc(/C=N/NC(=O)c2ccc3ccccc3n2)cc1. The third kappa shape index (κ3) is 3.76. The number of pyridine rings is 1. The summed E-state index contributed by atoms with van der Waals surface area (Å²) in [5, 5.41) is 4.98. The highest BCUT2D eigenvalue weighted by Crippen LogP contribution is 2.14. The van der Waals surface area contributed by atoms with Gasteiger partial charge in [-0.3, -0.25) is 4.79 Å². The Bertz CT molecular complexity index is 860. The number of nitrogens with zero attached hydrogens (tertiary/aromatic N) is 2. The number of amides is 1. The smallest absolute Gasteiger partial charge is 0.266 e. The van der Waals surface area contributed by atoms with Crippen molar-refractivity contribution in [3.63, 3.8) is 0 Å². The Kier molecular flexibility index (Phi) is 4.68. The zero-order valence-electron chi connectivity index (χ0n) is 12.6. The number of fused-ring (bicyclic) bond motifs is 1. The molecule has 114 valence electrons. The van der Waals surface area contributed by atoms with Crippen LogP contribution in [0, 0.1) is 0 Å². The zero-order valence-corrected chi connectivity index (χ0v) is 13.4. The van der Waals surface area contributed by atoms with Crippen molar-refractivity contribution in [3.8, 4) is 0 Å². The van der Waals surface area contributed by atoms with Crippen LogP contribution in [0.1, 0.15) is 16.1 Å². The fraction of sp³-hybridized carbons (Fsp3) is 0.0556. The number of hydrazone groups is 1. The first-order chi connectivity index (χ1) is 11.3. The number of thioether (sulfide) groups is 1. The van der Waals surface area contributed by atoms with E-state index in [1.165, 1.54) is 4.90 Å². The first kappa shape index (κ1) is 15.2. The second-order valence-electron chi connectivity index (χ2n) is 4.86. The predicted molar refractivity (Wildman–Crippen MR) is 95.0 cm³/mol. The third-order valence-electron chi connectivity index (χ3n) is 3.33. The number of hydrogen-bond donors (Lipinski definition) is 1. The lowest BCUT2D eigenvalue weighted by atomic mass is 10.2. The van der Waals surface area contributed by atoms with Gasteiger partial charge in [0.1, 0.15) is 5.69 Å². The van der Waals surface area contributed by atoms with E-state index in [2.05, 4.69) is 15.5 Å². The average molecular weight is 321 g/mol. The second kappa shape index (κ2) is 7.07. The van der Waals surface area contributed by atoms with Crippen molar-refractivity contribution in [2.45, 2.75) is 4.90 Å². The summed E-state index contributed by atoms with van der Waals surface area (Å²) in [5.74, 6) is -0.326. The Balaban J connectivity index is 1.68. The molecule has 1 heterocycles. The zero-order chi connectivity index (χ0) is 16.1. The van der Waals surface area contributed by atoms with Gasteiger partial charge in [-0.25, -0.2) is 10.4 Å². The van der Waals surface area contributed by atoms with Gasteiger partial charge in [0, 0.05) is 10.3 Å². The number of nitrogens with one attached hydrogen (secondary N) is 1. The summed E-state index contributed by atoms with van der Waals surface area (Å²) in [5.41, 5.74) is 4.56. The monoisotopic (exact) mass is 321 g/mol. The molecule has 3 aromatic rings. The van der Waals surface area contributed by atoms with E-state index in [0.717, 1.165) is 16.5 Å². The van der Waals surface area contributed by atoms with E-state index in [4.69, 9.17) is 0 Å². The molecule has 0 aliphatic rings. The van der Waals surface area contributed by atoms with Crippen LogP contribution in [0.2, 0.25) is 0 Å². The molecule has 0 bridgehead atoms. The molecule has 1 aromatic heterocycles. The Morgan fingerprint density at radius 1 is 1.09 bits per heavy atom. The molecule has 0 unspecified atom stereocenters. The van der Waals surface area contributed by atoms with Crippen LogP contribution in [0.25, 0.3) is 10.9 Å². The number of carbonyl (C=O) groups excluding carboxylic acids is 1. The fourth-order valence-electron chi connectivity index (χ4n) is 2.11. The van der Waals surface area contributed by atoms with E-state index in [1.54, 1.807) is 24.0 Å². The fourth-order valence-corrected chi connectivity index (χ4v) is 2.51. The van der Waals surface area contributed by atoms with Crippen molar-refractivity contribution < 1.29 is 4.79 Å². The molecule has 1 amide bonds. The quantitative estimate of drug-likeness (QED) is 0.453. The molecule has 0 fully saturated rings. The highest BCUT2D eigenvalue weighted by molar-refractivity contribution is 7.98. The topological polar surface area (TPSA) is 54.4 Å². The van der Waals surface area contributed by atoms with E-state index in [1.807, 2.05) is 60.9 Å². The highest BCUT2D eigenvalue weighted by Gasteiger charge is 2.06. The molecule has 4 nitrogen and oxygen atoms in total. The number of carbonyl (C=O) groups is 1. The standard InChI is InChI=1S/C18H15N3OS/c1-23-15-9-6-13(7-10-15)12-19-21-18(22)17-11-8-14-4-2-3-5-16(14)20-17/h2-12H,1H3,(H,21,22)/b19-12+. The van der Waals surface area contributed by atoms with Crippen LogP contribution in [0.5, 0.6) is 0 Å². The van der Waals surface area contributed by atoms with E-state index < -0.39 is 0 Å². The lowest BCUT2D eigenvalue weighted by molar-refractivity contribution is 0.0950. The number of hydrogen-bond acceptors (Lipinski definition) is 4. The summed E-state index contributed by atoms with van der Waals surface area (Å²) >= 11 is 1.68. The molecular weight excluding hydrogens is 306 g/mol. The largest absolute Gasteiger partial charge is 0.289 e. The van der Waals surface area contributed by atoms with Crippen LogP contribution < -0.4 is 5.43 Å². The molecule has 0 saturated heterocycles. The lowest BCUT2D eigenvalue weighted by Crippen LogP contribution is -2.18. The minimum absolute atomic E-state index is 0.326. The van der Waals surface area contributed by atoms with Crippen LogP contribution in [-0.4, -0.2) is 23.4 Å². The van der Waals surface area contributed by atoms with Gasteiger partial charge < -0.3 is 0 Å². The summed E-state index contributed by atoms with van der Waals surface area (Å²) in [6, 6.07) is 19.2. The molecular formula is C18H15N3OS. The predicted octanol–water partition coefficient (Wildman–Crippen LogP) is 3.72. The summed E-state index contributed by atoms with van der Waals surface area (Å²) in [7, 11) is 0. The van der Waals surface area contributed by atoms with Gasteiger partial charge in [-0.15, -0.1) is 11.8 Å². The summed E-state index contributed by atoms with van der Waals surface area (Å²) in [6.07, 6.45) is 3.64. The van der Waals surface area contributed by atoms with Crippen LogP contribution in [0.4, 0.5) is 0 Å².